The molecule has 96 valence electrons. The Labute approximate surface area is 105 Å². The van der Waals surface area contributed by atoms with Gasteiger partial charge >= 0.3 is 0 Å². The molecule has 1 N–H and O–H groups in total. The fourth-order valence-corrected chi connectivity index (χ4v) is 2.19. The van der Waals surface area contributed by atoms with Gasteiger partial charge in [-0.1, -0.05) is 23.2 Å². The molecule has 0 saturated carbocycles. The molecule has 0 aliphatic carbocycles. The molecule has 6 nitrogen and oxygen atoms in total. The highest BCUT2D eigenvalue weighted by molar-refractivity contribution is 5.43. The molecule has 3 rings (SSSR count). The first-order valence-electron chi connectivity index (χ1n) is 6.33. The van der Waals surface area contributed by atoms with Crippen LogP contribution in [0.5, 0.6) is 0 Å². The van der Waals surface area contributed by atoms with Gasteiger partial charge in [0.25, 0.3) is 5.89 Å². The number of hydrogen-bond donors (Lipinski definition) is 1. The van der Waals surface area contributed by atoms with Crippen molar-refractivity contribution >= 4 is 0 Å². The predicted octanol–water partition coefficient (Wildman–Crippen LogP) is 2.24. The zero-order chi connectivity index (χ0) is 12.4. The van der Waals surface area contributed by atoms with Gasteiger partial charge in [-0.3, -0.25) is 0 Å². The maximum absolute atomic E-state index is 5.22. The van der Waals surface area contributed by atoms with Crippen LogP contribution in [0, 0.1) is 6.92 Å². The second-order valence-electron chi connectivity index (χ2n) is 4.65. The summed E-state index contributed by atoms with van der Waals surface area (Å²) in [5.74, 6) is 1.64. The molecule has 3 heterocycles. The highest BCUT2D eigenvalue weighted by Gasteiger charge is 2.21. The Morgan fingerprint density at radius 2 is 2.17 bits per heavy atom. The number of hydrogen-bond acceptors (Lipinski definition) is 6. The molecule has 2 aromatic rings. The smallest absolute Gasteiger partial charge is 0.296 e. The Balaban J connectivity index is 1.80. The third kappa shape index (κ3) is 2.28. The number of nitrogens with one attached hydrogen (secondary N) is 1. The van der Waals surface area contributed by atoms with Crippen molar-refractivity contribution in [3.8, 4) is 11.7 Å². The Morgan fingerprint density at radius 3 is 3.00 bits per heavy atom. The molecule has 0 aromatic carbocycles. The highest BCUT2D eigenvalue weighted by Crippen LogP contribution is 2.24. The molecule has 0 radical (unpaired) electrons. The maximum atomic E-state index is 5.22. The van der Waals surface area contributed by atoms with Crippen molar-refractivity contribution < 1.29 is 9.05 Å². The van der Waals surface area contributed by atoms with Crippen LogP contribution in [0.4, 0.5) is 0 Å². The van der Waals surface area contributed by atoms with Crippen LogP contribution < -0.4 is 5.32 Å². The summed E-state index contributed by atoms with van der Waals surface area (Å²) in [5, 5.41) is 11.3. The van der Waals surface area contributed by atoms with Gasteiger partial charge in [0.15, 0.2) is 5.82 Å². The van der Waals surface area contributed by atoms with Crippen LogP contribution in [0.1, 0.15) is 43.2 Å². The molecule has 1 atom stereocenters. The van der Waals surface area contributed by atoms with Crippen LogP contribution in [-0.4, -0.2) is 21.8 Å². The van der Waals surface area contributed by atoms with Gasteiger partial charge in [0.05, 0.1) is 11.7 Å². The largest absolute Gasteiger partial charge is 0.351 e. The zero-order valence-electron chi connectivity index (χ0n) is 10.3. The van der Waals surface area contributed by atoms with Crippen molar-refractivity contribution in [2.75, 3.05) is 6.54 Å². The summed E-state index contributed by atoms with van der Waals surface area (Å²) < 4.78 is 10.3. The summed E-state index contributed by atoms with van der Waals surface area (Å²) in [6, 6.07) is 1.98. The summed E-state index contributed by atoms with van der Waals surface area (Å²) in [4.78, 5) is 4.39. The standard InChI is InChI=1S/C12H16N4O2/c1-8-7-10(17-15-8)12-14-11(16-18-12)9-5-3-2-4-6-13-9/h7,9,13H,2-6H2,1H3. The first-order valence-corrected chi connectivity index (χ1v) is 6.33. The molecule has 0 spiro atoms. The maximum Gasteiger partial charge on any atom is 0.296 e. The van der Waals surface area contributed by atoms with E-state index in [1.54, 1.807) is 6.07 Å². The van der Waals surface area contributed by atoms with Crippen molar-refractivity contribution in [1.29, 1.82) is 0 Å². The summed E-state index contributed by atoms with van der Waals surface area (Å²) in [5.41, 5.74) is 0.803. The fourth-order valence-electron chi connectivity index (χ4n) is 2.19. The van der Waals surface area contributed by atoms with E-state index in [4.69, 9.17) is 9.05 Å². The van der Waals surface area contributed by atoms with E-state index in [9.17, 15) is 0 Å². The lowest BCUT2D eigenvalue weighted by molar-refractivity contribution is 0.374. The topological polar surface area (TPSA) is 77.0 Å². The molecule has 0 bridgehead atoms. The lowest BCUT2D eigenvalue weighted by atomic mass is 10.1. The first-order chi connectivity index (χ1) is 8.83. The van der Waals surface area contributed by atoms with Crippen LogP contribution in [0.2, 0.25) is 0 Å². The normalized spacial score (nSPS) is 20.8. The zero-order valence-corrected chi connectivity index (χ0v) is 10.3. The van der Waals surface area contributed by atoms with Gasteiger partial charge in [-0.15, -0.1) is 0 Å². The van der Waals surface area contributed by atoms with Crippen LogP contribution in [0.3, 0.4) is 0 Å². The molecule has 1 saturated heterocycles. The van der Waals surface area contributed by atoms with E-state index in [2.05, 4.69) is 20.6 Å². The molecule has 1 unspecified atom stereocenters. The Kier molecular flexibility index (Phi) is 3.10. The third-order valence-electron chi connectivity index (χ3n) is 3.15. The van der Waals surface area contributed by atoms with Crippen molar-refractivity contribution in [2.45, 2.75) is 38.6 Å². The lowest BCUT2D eigenvalue weighted by Gasteiger charge is -2.09. The van der Waals surface area contributed by atoms with Gasteiger partial charge in [0, 0.05) is 6.07 Å². The van der Waals surface area contributed by atoms with E-state index in [0.717, 1.165) is 18.7 Å². The van der Waals surface area contributed by atoms with E-state index in [1.807, 2.05) is 6.92 Å². The van der Waals surface area contributed by atoms with Gasteiger partial charge in [0.2, 0.25) is 5.76 Å². The lowest BCUT2D eigenvalue weighted by Crippen LogP contribution is -2.21. The number of aromatic nitrogens is 3. The molecule has 1 aliphatic heterocycles. The SMILES string of the molecule is Cc1cc(-c2nc(C3CCCCCN3)no2)on1. The van der Waals surface area contributed by atoms with Crippen molar-refractivity contribution in [3.05, 3.63) is 17.6 Å². The number of aryl methyl sites for hydroxylation is 1. The van der Waals surface area contributed by atoms with Crippen LogP contribution in [-0.2, 0) is 0 Å². The first kappa shape index (κ1) is 11.4. The molecular weight excluding hydrogens is 232 g/mol. The molecule has 0 amide bonds. The average molecular weight is 248 g/mol. The fraction of sp³-hybridized carbons (Fsp3) is 0.583. The summed E-state index contributed by atoms with van der Waals surface area (Å²) >= 11 is 0. The molecule has 1 fully saturated rings. The van der Waals surface area contributed by atoms with Crippen molar-refractivity contribution in [1.82, 2.24) is 20.6 Å². The Bertz CT molecular complexity index is 512. The number of nitrogens with zero attached hydrogens (tertiary/aromatic N) is 3. The molecule has 2 aromatic heterocycles. The minimum atomic E-state index is 0.189. The summed E-state index contributed by atoms with van der Waals surface area (Å²) in [6.45, 7) is 2.87. The van der Waals surface area contributed by atoms with Gasteiger partial charge < -0.3 is 14.4 Å². The molecule has 1 aliphatic rings. The van der Waals surface area contributed by atoms with Gasteiger partial charge in [-0.2, -0.15) is 4.98 Å². The van der Waals surface area contributed by atoms with E-state index < -0.39 is 0 Å². The quantitative estimate of drug-likeness (QED) is 0.878. The van der Waals surface area contributed by atoms with E-state index >= 15 is 0 Å². The summed E-state index contributed by atoms with van der Waals surface area (Å²) in [6.07, 6.45) is 4.72. The van der Waals surface area contributed by atoms with Gasteiger partial charge in [-0.05, 0) is 26.3 Å². The average Bonchev–Trinajstić information content (AvgIpc) is 2.92. The Hall–Kier alpha value is -1.69. The second-order valence-corrected chi connectivity index (χ2v) is 4.65. The second kappa shape index (κ2) is 4.89. The minimum Gasteiger partial charge on any atom is -0.351 e. The summed E-state index contributed by atoms with van der Waals surface area (Å²) in [7, 11) is 0. The van der Waals surface area contributed by atoms with Crippen molar-refractivity contribution in [2.24, 2.45) is 0 Å². The van der Waals surface area contributed by atoms with Crippen molar-refractivity contribution in [3.63, 3.8) is 0 Å². The third-order valence-corrected chi connectivity index (χ3v) is 3.15. The van der Waals surface area contributed by atoms with Crippen LogP contribution >= 0.6 is 0 Å². The monoisotopic (exact) mass is 248 g/mol. The molecular formula is C12H16N4O2. The molecule has 6 heteroatoms. The minimum absolute atomic E-state index is 0.189. The van der Waals surface area contributed by atoms with Crippen LogP contribution in [0.25, 0.3) is 11.7 Å². The van der Waals surface area contributed by atoms with Crippen LogP contribution in [0.15, 0.2) is 15.1 Å². The van der Waals surface area contributed by atoms with E-state index in [1.165, 1.54) is 19.3 Å². The van der Waals surface area contributed by atoms with Gasteiger partial charge in [-0.25, -0.2) is 0 Å². The van der Waals surface area contributed by atoms with E-state index in [-0.39, 0.29) is 6.04 Å². The predicted molar refractivity (Wildman–Crippen MR) is 63.7 cm³/mol. The van der Waals surface area contributed by atoms with E-state index in [0.29, 0.717) is 17.5 Å². The van der Waals surface area contributed by atoms with Gasteiger partial charge in [0.1, 0.15) is 0 Å². The Morgan fingerprint density at radius 1 is 1.22 bits per heavy atom. The molecule has 18 heavy (non-hydrogen) atoms. The highest BCUT2D eigenvalue weighted by atomic mass is 16.5. The number of rotatable bonds is 2.